The van der Waals surface area contributed by atoms with E-state index in [1.165, 1.54) is 0 Å². The van der Waals surface area contributed by atoms with Crippen LogP contribution in [0.1, 0.15) is 0 Å². The summed E-state index contributed by atoms with van der Waals surface area (Å²) < 4.78 is 16.6. The van der Waals surface area contributed by atoms with E-state index in [9.17, 15) is 0 Å². The largest absolute Gasteiger partial charge is 0.491 e. The average Bonchev–Trinajstić information content (AvgIpc) is 2.46. The van der Waals surface area contributed by atoms with Crippen molar-refractivity contribution in [2.75, 3.05) is 26.4 Å². The lowest BCUT2D eigenvalue weighted by atomic mass is 10.2. The molecule has 0 saturated carbocycles. The van der Waals surface area contributed by atoms with Gasteiger partial charge < -0.3 is 14.2 Å². The molecule has 0 aliphatic carbocycles. The first-order chi connectivity index (χ1) is 9.33. The molecule has 1 fully saturated rings. The fraction of sp³-hybridized carbons (Fsp3) is 0.357. The van der Waals surface area contributed by atoms with Crippen LogP contribution in [0.2, 0.25) is 5.15 Å². The Morgan fingerprint density at radius 1 is 1.32 bits per heavy atom. The van der Waals surface area contributed by atoms with Crippen LogP contribution in [0.3, 0.4) is 0 Å². The van der Waals surface area contributed by atoms with Crippen molar-refractivity contribution in [1.82, 2.24) is 4.98 Å². The molecule has 19 heavy (non-hydrogen) atoms. The van der Waals surface area contributed by atoms with Gasteiger partial charge in [-0.15, -0.1) is 0 Å². The summed E-state index contributed by atoms with van der Waals surface area (Å²) in [5.74, 6) is 0.795. The highest BCUT2D eigenvalue weighted by Crippen LogP contribution is 2.25. The molecular formula is C14H14ClNO3. The standard InChI is InChI=1S/C14H14ClNO3/c15-14-13-2-1-11(7-10(13)3-4-16-14)19-9-12-8-17-5-6-18-12/h1-4,7,12H,5-6,8-9H2. The summed E-state index contributed by atoms with van der Waals surface area (Å²) in [5.41, 5.74) is 0. The van der Waals surface area contributed by atoms with Crippen LogP contribution in [0, 0.1) is 0 Å². The Balaban J connectivity index is 1.71. The van der Waals surface area contributed by atoms with E-state index in [0.717, 1.165) is 16.5 Å². The van der Waals surface area contributed by atoms with Gasteiger partial charge in [-0.2, -0.15) is 0 Å². The minimum absolute atomic E-state index is 0.00507. The lowest BCUT2D eigenvalue weighted by Crippen LogP contribution is -2.33. The highest BCUT2D eigenvalue weighted by atomic mass is 35.5. The van der Waals surface area contributed by atoms with Gasteiger partial charge in [-0.05, 0) is 29.7 Å². The molecule has 3 rings (SSSR count). The minimum Gasteiger partial charge on any atom is -0.491 e. The molecule has 1 aliphatic rings. The fourth-order valence-electron chi connectivity index (χ4n) is 2.03. The zero-order valence-corrected chi connectivity index (χ0v) is 11.1. The Morgan fingerprint density at radius 3 is 3.11 bits per heavy atom. The van der Waals surface area contributed by atoms with Crippen LogP contribution in [0.25, 0.3) is 10.8 Å². The molecule has 2 heterocycles. The topological polar surface area (TPSA) is 40.6 Å². The van der Waals surface area contributed by atoms with E-state index >= 15 is 0 Å². The maximum Gasteiger partial charge on any atom is 0.136 e. The van der Waals surface area contributed by atoms with E-state index in [1.54, 1.807) is 6.20 Å². The van der Waals surface area contributed by atoms with Crippen LogP contribution in [0.15, 0.2) is 30.5 Å². The van der Waals surface area contributed by atoms with Gasteiger partial charge in [0.05, 0.1) is 19.8 Å². The lowest BCUT2D eigenvalue weighted by molar-refractivity contribution is -0.101. The van der Waals surface area contributed by atoms with Gasteiger partial charge in [-0.3, -0.25) is 0 Å². The second-order valence-corrected chi connectivity index (χ2v) is 4.72. The Labute approximate surface area is 116 Å². The molecule has 1 saturated heterocycles. The number of hydrogen-bond donors (Lipinski definition) is 0. The normalized spacial score (nSPS) is 19.5. The Kier molecular flexibility index (Phi) is 3.82. The van der Waals surface area contributed by atoms with Crippen molar-refractivity contribution in [1.29, 1.82) is 0 Å². The van der Waals surface area contributed by atoms with Gasteiger partial charge >= 0.3 is 0 Å². The first-order valence-corrected chi connectivity index (χ1v) is 6.57. The van der Waals surface area contributed by atoms with E-state index in [2.05, 4.69) is 4.98 Å². The first-order valence-electron chi connectivity index (χ1n) is 6.19. The first kappa shape index (κ1) is 12.7. The summed E-state index contributed by atoms with van der Waals surface area (Å²) in [4.78, 5) is 4.04. The number of rotatable bonds is 3. The van der Waals surface area contributed by atoms with E-state index < -0.39 is 0 Å². The van der Waals surface area contributed by atoms with Crippen LogP contribution in [0.5, 0.6) is 5.75 Å². The molecule has 1 aromatic carbocycles. The minimum atomic E-state index is 0.00507. The highest BCUT2D eigenvalue weighted by molar-refractivity contribution is 6.34. The number of ether oxygens (including phenoxy) is 3. The number of halogens is 1. The van der Waals surface area contributed by atoms with Gasteiger partial charge in [0.15, 0.2) is 0 Å². The predicted molar refractivity (Wildman–Crippen MR) is 72.8 cm³/mol. The summed E-state index contributed by atoms with van der Waals surface area (Å²) in [5, 5.41) is 2.44. The fourth-order valence-corrected chi connectivity index (χ4v) is 2.26. The van der Waals surface area contributed by atoms with Gasteiger partial charge in [0, 0.05) is 11.6 Å². The van der Waals surface area contributed by atoms with Crippen molar-refractivity contribution >= 4 is 22.4 Å². The smallest absolute Gasteiger partial charge is 0.136 e. The van der Waals surface area contributed by atoms with Gasteiger partial charge in [0.2, 0.25) is 0 Å². The molecule has 4 nitrogen and oxygen atoms in total. The van der Waals surface area contributed by atoms with Crippen molar-refractivity contribution in [2.24, 2.45) is 0 Å². The molecule has 0 radical (unpaired) electrons. The van der Waals surface area contributed by atoms with Crippen LogP contribution in [-0.4, -0.2) is 37.5 Å². The number of pyridine rings is 1. The van der Waals surface area contributed by atoms with Crippen molar-refractivity contribution < 1.29 is 14.2 Å². The number of fused-ring (bicyclic) bond motifs is 1. The predicted octanol–water partition coefficient (Wildman–Crippen LogP) is 2.68. The molecule has 1 aromatic heterocycles. The van der Waals surface area contributed by atoms with Gasteiger partial charge in [-0.25, -0.2) is 4.98 Å². The summed E-state index contributed by atoms with van der Waals surface area (Å²) in [6, 6.07) is 7.67. The summed E-state index contributed by atoms with van der Waals surface area (Å²) in [6.45, 7) is 2.37. The molecule has 5 heteroatoms. The molecular weight excluding hydrogens is 266 g/mol. The lowest BCUT2D eigenvalue weighted by Gasteiger charge is -2.23. The molecule has 0 amide bonds. The monoisotopic (exact) mass is 279 g/mol. The quantitative estimate of drug-likeness (QED) is 0.810. The summed E-state index contributed by atoms with van der Waals surface area (Å²) in [6.07, 6.45) is 1.69. The second-order valence-electron chi connectivity index (χ2n) is 4.36. The Hall–Kier alpha value is -1.36. The summed E-state index contributed by atoms with van der Waals surface area (Å²) in [7, 11) is 0. The number of benzene rings is 1. The van der Waals surface area contributed by atoms with E-state index in [4.69, 9.17) is 25.8 Å². The van der Waals surface area contributed by atoms with Crippen LogP contribution in [0.4, 0.5) is 0 Å². The number of aromatic nitrogens is 1. The third-order valence-electron chi connectivity index (χ3n) is 3.01. The van der Waals surface area contributed by atoms with Crippen molar-refractivity contribution in [3.8, 4) is 5.75 Å². The van der Waals surface area contributed by atoms with Gasteiger partial charge in [-0.1, -0.05) is 11.6 Å². The summed E-state index contributed by atoms with van der Waals surface area (Å²) >= 11 is 6.02. The molecule has 1 aliphatic heterocycles. The number of hydrogen-bond acceptors (Lipinski definition) is 4. The van der Waals surface area contributed by atoms with Gasteiger partial charge in [0.25, 0.3) is 0 Å². The van der Waals surface area contributed by atoms with Crippen LogP contribution in [-0.2, 0) is 9.47 Å². The maximum absolute atomic E-state index is 6.02. The molecule has 0 bridgehead atoms. The molecule has 0 N–H and O–H groups in total. The highest BCUT2D eigenvalue weighted by Gasteiger charge is 2.15. The zero-order chi connectivity index (χ0) is 13.1. The van der Waals surface area contributed by atoms with E-state index in [0.29, 0.717) is 31.6 Å². The zero-order valence-electron chi connectivity index (χ0n) is 10.3. The molecule has 100 valence electrons. The molecule has 2 aromatic rings. The maximum atomic E-state index is 6.02. The van der Waals surface area contributed by atoms with Crippen LogP contribution < -0.4 is 4.74 Å². The Bertz CT molecular complexity index is 570. The molecule has 1 unspecified atom stereocenters. The number of nitrogens with zero attached hydrogens (tertiary/aromatic N) is 1. The second kappa shape index (κ2) is 5.74. The van der Waals surface area contributed by atoms with Crippen molar-refractivity contribution in [3.05, 3.63) is 35.6 Å². The SMILES string of the molecule is Clc1nccc2cc(OCC3COCCO3)ccc12. The molecule has 1 atom stereocenters. The average molecular weight is 280 g/mol. The van der Waals surface area contributed by atoms with Crippen molar-refractivity contribution in [3.63, 3.8) is 0 Å². The Morgan fingerprint density at radius 2 is 2.26 bits per heavy atom. The van der Waals surface area contributed by atoms with E-state index in [-0.39, 0.29) is 6.10 Å². The van der Waals surface area contributed by atoms with Gasteiger partial charge in [0.1, 0.15) is 23.6 Å². The van der Waals surface area contributed by atoms with Crippen molar-refractivity contribution in [2.45, 2.75) is 6.10 Å². The molecule has 0 spiro atoms. The third kappa shape index (κ3) is 2.97. The van der Waals surface area contributed by atoms with E-state index in [1.807, 2.05) is 24.3 Å². The van der Waals surface area contributed by atoms with Crippen LogP contribution >= 0.6 is 11.6 Å². The third-order valence-corrected chi connectivity index (χ3v) is 3.31.